The van der Waals surface area contributed by atoms with E-state index in [-0.39, 0.29) is 37.4 Å². The molecule has 1 fully saturated rings. The molecule has 8 nitrogen and oxygen atoms in total. The number of nitrogens with zero attached hydrogens (tertiary/aromatic N) is 3. The van der Waals surface area contributed by atoms with Crippen molar-refractivity contribution in [2.45, 2.75) is 20.8 Å². The second-order valence-corrected chi connectivity index (χ2v) is 9.07. The topological polar surface area (TPSA) is 79.4 Å². The number of carbonyl (C=O) groups excluding carboxylic acids is 3. The van der Waals surface area contributed by atoms with Crippen molar-refractivity contribution in [2.24, 2.45) is 0 Å². The smallest absolute Gasteiger partial charge is 0.265 e. The first-order valence-electron chi connectivity index (χ1n) is 11.5. The number of benzene rings is 2. The van der Waals surface area contributed by atoms with Gasteiger partial charge in [0.2, 0.25) is 5.91 Å². The van der Waals surface area contributed by atoms with Crippen molar-refractivity contribution in [3.05, 3.63) is 52.6 Å². The number of amides is 2. The molecule has 2 heterocycles. The van der Waals surface area contributed by atoms with Crippen LogP contribution in [0, 0.1) is 20.8 Å². The van der Waals surface area contributed by atoms with Gasteiger partial charge in [0, 0.05) is 31.7 Å². The summed E-state index contributed by atoms with van der Waals surface area (Å²) in [5.74, 6) is 0.551. The van der Waals surface area contributed by atoms with E-state index in [1.54, 1.807) is 23.1 Å². The normalized spacial score (nSPS) is 16.2. The molecule has 2 aliphatic rings. The predicted octanol–water partition coefficient (Wildman–Crippen LogP) is 2.37. The summed E-state index contributed by atoms with van der Waals surface area (Å²) in [6.07, 6.45) is 0. The number of aryl methyl sites for hydroxylation is 3. The van der Waals surface area contributed by atoms with Gasteiger partial charge in [-0.05, 0) is 57.1 Å². The summed E-state index contributed by atoms with van der Waals surface area (Å²) in [7, 11) is 2.02. The molecule has 4 rings (SSSR count). The van der Waals surface area contributed by atoms with Crippen molar-refractivity contribution >= 4 is 23.3 Å². The fraction of sp³-hybridized carbons (Fsp3) is 0.423. The minimum absolute atomic E-state index is 0.0746. The van der Waals surface area contributed by atoms with Crippen LogP contribution in [0.2, 0.25) is 0 Å². The van der Waals surface area contributed by atoms with Gasteiger partial charge in [0.1, 0.15) is 18.0 Å². The molecule has 0 aromatic heterocycles. The van der Waals surface area contributed by atoms with E-state index in [4.69, 9.17) is 9.47 Å². The van der Waals surface area contributed by atoms with Crippen LogP contribution in [0.4, 0.5) is 5.69 Å². The van der Waals surface area contributed by atoms with Crippen LogP contribution in [0.5, 0.6) is 11.5 Å². The SMILES string of the molecule is Cc1cc(C)c(OCC(=O)c2ccc3c(c2)N(CC(=O)N2CCN(C)CC2)C(=O)CO3)c(C)c1. The van der Waals surface area contributed by atoms with E-state index in [9.17, 15) is 14.4 Å². The Labute approximate surface area is 200 Å². The van der Waals surface area contributed by atoms with Crippen molar-refractivity contribution in [1.82, 2.24) is 9.80 Å². The van der Waals surface area contributed by atoms with Crippen molar-refractivity contribution < 1.29 is 23.9 Å². The minimum atomic E-state index is -0.304. The van der Waals surface area contributed by atoms with Gasteiger partial charge in [-0.25, -0.2) is 0 Å². The Bertz CT molecular complexity index is 1100. The van der Waals surface area contributed by atoms with Crippen LogP contribution in [0.15, 0.2) is 30.3 Å². The lowest BCUT2D eigenvalue weighted by Crippen LogP contribution is -2.52. The van der Waals surface area contributed by atoms with Crippen LogP contribution in [0.25, 0.3) is 0 Å². The average molecular weight is 466 g/mol. The van der Waals surface area contributed by atoms with Crippen LogP contribution < -0.4 is 14.4 Å². The summed E-state index contributed by atoms with van der Waals surface area (Å²) in [5.41, 5.74) is 3.93. The van der Waals surface area contributed by atoms with Crippen LogP contribution in [0.3, 0.4) is 0 Å². The fourth-order valence-corrected chi connectivity index (χ4v) is 4.46. The summed E-state index contributed by atoms with van der Waals surface area (Å²) in [5, 5.41) is 0. The van der Waals surface area contributed by atoms with Gasteiger partial charge in [-0.3, -0.25) is 19.3 Å². The Balaban J connectivity index is 1.49. The molecule has 180 valence electrons. The number of ether oxygens (including phenoxy) is 2. The number of hydrogen-bond donors (Lipinski definition) is 0. The maximum Gasteiger partial charge on any atom is 0.265 e. The summed E-state index contributed by atoms with van der Waals surface area (Å²) in [6.45, 7) is 8.47. The van der Waals surface area contributed by atoms with Crippen LogP contribution in [-0.2, 0) is 9.59 Å². The average Bonchev–Trinajstić information content (AvgIpc) is 2.80. The molecule has 2 amide bonds. The highest BCUT2D eigenvalue weighted by atomic mass is 16.5. The first-order valence-corrected chi connectivity index (χ1v) is 11.5. The minimum Gasteiger partial charge on any atom is -0.485 e. The number of Topliss-reactive ketones (excluding diaryl/α,β-unsaturated/α-hetero) is 1. The third-order valence-corrected chi connectivity index (χ3v) is 6.33. The van der Waals surface area contributed by atoms with E-state index in [2.05, 4.69) is 4.90 Å². The first-order chi connectivity index (χ1) is 16.2. The molecule has 0 unspecified atom stereocenters. The lowest BCUT2D eigenvalue weighted by Gasteiger charge is -2.35. The number of carbonyl (C=O) groups is 3. The maximum atomic E-state index is 12.9. The predicted molar refractivity (Wildman–Crippen MR) is 129 cm³/mol. The molecule has 2 aliphatic heterocycles. The number of likely N-dealkylation sites (N-methyl/N-ethyl adjacent to an activating group) is 1. The van der Waals surface area contributed by atoms with Crippen molar-refractivity contribution in [3.8, 4) is 11.5 Å². The highest BCUT2D eigenvalue weighted by molar-refractivity contribution is 6.04. The molecule has 2 aromatic carbocycles. The Morgan fingerprint density at radius 2 is 1.68 bits per heavy atom. The number of anilines is 1. The standard InChI is InChI=1S/C26H31N3O5/c1-17-11-18(2)26(19(3)12-17)34-15-22(30)20-5-6-23-21(13-20)29(25(32)16-33-23)14-24(31)28-9-7-27(4)8-10-28/h5-6,11-13H,7-10,14-16H2,1-4H3. The molecule has 34 heavy (non-hydrogen) atoms. The van der Waals surface area contributed by atoms with Gasteiger partial charge < -0.3 is 19.3 Å². The number of rotatable bonds is 6. The van der Waals surface area contributed by atoms with Crippen LogP contribution >= 0.6 is 0 Å². The Morgan fingerprint density at radius 3 is 2.35 bits per heavy atom. The summed E-state index contributed by atoms with van der Waals surface area (Å²) < 4.78 is 11.4. The van der Waals surface area contributed by atoms with E-state index in [0.717, 1.165) is 29.8 Å². The van der Waals surface area contributed by atoms with Gasteiger partial charge in [0.15, 0.2) is 19.0 Å². The second-order valence-electron chi connectivity index (χ2n) is 9.07. The number of ketones is 1. The van der Waals surface area contributed by atoms with E-state index in [0.29, 0.717) is 35.8 Å². The zero-order valence-corrected chi connectivity index (χ0v) is 20.2. The van der Waals surface area contributed by atoms with Gasteiger partial charge in [-0.15, -0.1) is 0 Å². The van der Waals surface area contributed by atoms with E-state index >= 15 is 0 Å². The summed E-state index contributed by atoms with van der Waals surface area (Å²) >= 11 is 0. The Kier molecular flexibility index (Phi) is 6.88. The maximum absolute atomic E-state index is 12.9. The molecule has 0 atom stereocenters. The van der Waals surface area contributed by atoms with Gasteiger partial charge in [-0.1, -0.05) is 17.7 Å². The number of piperazine rings is 1. The Hall–Kier alpha value is -3.39. The first kappa shape index (κ1) is 23.8. The van der Waals surface area contributed by atoms with Gasteiger partial charge >= 0.3 is 0 Å². The number of hydrogen-bond acceptors (Lipinski definition) is 6. The van der Waals surface area contributed by atoms with E-state index in [1.807, 2.05) is 40.0 Å². The lowest BCUT2D eigenvalue weighted by molar-refractivity contribution is -0.133. The van der Waals surface area contributed by atoms with Gasteiger partial charge in [0.05, 0.1) is 5.69 Å². The van der Waals surface area contributed by atoms with Crippen LogP contribution in [-0.4, -0.2) is 80.4 Å². The van der Waals surface area contributed by atoms with E-state index < -0.39 is 0 Å². The highest BCUT2D eigenvalue weighted by Gasteiger charge is 2.30. The summed E-state index contributed by atoms with van der Waals surface area (Å²) in [6, 6.07) is 8.98. The lowest BCUT2D eigenvalue weighted by atomic mass is 10.1. The zero-order chi connectivity index (χ0) is 24.4. The molecule has 1 saturated heterocycles. The molecule has 0 bridgehead atoms. The number of fused-ring (bicyclic) bond motifs is 1. The van der Waals surface area contributed by atoms with E-state index in [1.165, 1.54) is 4.90 Å². The largest absolute Gasteiger partial charge is 0.485 e. The van der Waals surface area contributed by atoms with Crippen molar-refractivity contribution in [3.63, 3.8) is 0 Å². The second kappa shape index (κ2) is 9.85. The molecule has 2 aromatic rings. The van der Waals surface area contributed by atoms with Crippen molar-refractivity contribution in [1.29, 1.82) is 0 Å². The summed E-state index contributed by atoms with van der Waals surface area (Å²) in [4.78, 5) is 43.8. The molecule has 0 radical (unpaired) electrons. The quantitative estimate of drug-likeness (QED) is 0.610. The monoisotopic (exact) mass is 465 g/mol. The third-order valence-electron chi connectivity index (χ3n) is 6.33. The van der Waals surface area contributed by atoms with Gasteiger partial charge in [0.25, 0.3) is 5.91 Å². The van der Waals surface area contributed by atoms with Crippen LogP contribution in [0.1, 0.15) is 27.0 Å². The third kappa shape index (κ3) is 5.07. The fourth-order valence-electron chi connectivity index (χ4n) is 4.46. The molecule has 8 heteroatoms. The molecule has 0 aliphatic carbocycles. The molecule has 0 spiro atoms. The molecule has 0 saturated carbocycles. The zero-order valence-electron chi connectivity index (χ0n) is 20.2. The van der Waals surface area contributed by atoms with Gasteiger partial charge in [-0.2, -0.15) is 0 Å². The molecular weight excluding hydrogens is 434 g/mol. The molecular formula is C26H31N3O5. The molecule has 0 N–H and O–H groups in total. The Morgan fingerprint density at radius 1 is 1.00 bits per heavy atom. The van der Waals surface area contributed by atoms with Crippen molar-refractivity contribution in [2.75, 3.05) is 57.9 Å². The highest BCUT2D eigenvalue weighted by Crippen LogP contribution is 2.33.